The lowest BCUT2D eigenvalue weighted by Crippen LogP contribution is -2.17. The number of rotatable bonds is 3. The van der Waals surface area contributed by atoms with Gasteiger partial charge in [0.2, 0.25) is 11.5 Å². The first-order chi connectivity index (χ1) is 10.0. The van der Waals surface area contributed by atoms with E-state index in [1.165, 1.54) is 24.4 Å². The molecule has 1 fully saturated rings. The number of amides is 1. The number of aromatic nitrogens is 1. The molecule has 1 heterocycles. The van der Waals surface area contributed by atoms with Gasteiger partial charge in [0.1, 0.15) is 5.82 Å². The molecule has 0 bridgehead atoms. The molecule has 1 saturated carbocycles. The van der Waals surface area contributed by atoms with Crippen LogP contribution in [0.15, 0.2) is 41.3 Å². The molecule has 0 unspecified atom stereocenters. The molecule has 0 saturated heterocycles. The van der Waals surface area contributed by atoms with Gasteiger partial charge < -0.3 is 10.3 Å². The second-order valence-electron chi connectivity index (χ2n) is 5.39. The summed E-state index contributed by atoms with van der Waals surface area (Å²) in [6.07, 6.45) is 2.22. The summed E-state index contributed by atoms with van der Waals surface area (Å²) in [6.45, 7) is 1.77. The molecule has 4 nitrogen and oxygen atoms in total. The number of H-pyrrole nitrogens is 1. The van der Waals surface area contributed by atoms with Crippen LogP contribution in [-0.4, -0.2) is 10.9 Å². The Morgan fingerprint density at radius 1 is 1.38 bits per heavy atom. The fourth-order valence-electron chi connectivity index (χ4n) is 2.52. The van der Waals surface area contributed by atoms with Crippen LogP contribution in [0.5, 0.6) is 0 Å². The number of benzene rings is 1. The molecule has 108 valence electrons. The fourth-order valence-corrected chi connectivity index (χ4v) is 2.52. The number of aryl methyl sites for hydroxylation is 1. The summed E-state index contributed by atoms with van der Waals surface area (Å²) >= 11 is 0. The van der Waals surface area contributed by atoms with Gasteiger partial charge in [0.25, 0.3) is 0 Å². The van der Waals surface area contributed by atoms with Crippen LogP contribution in [0.4, 0.5) is 10.1 Å². The van der Waals surface area contributed by atoms with Gasteiger partial charge in [0, 0.05) is 18.2 Å². The van der Waals surface area contributed by atoms with E-state index in [2.05, 4.69) is 10.3 Å². The normalized spacial score (nSPS) is 20.1. The molecule has 1 aromatic heterocycles. The SMILES string of the molecule is Cc1cc(=O)[nH]cc1NC(=O)[C@@H]1C[C@H]1c1cccc(F)c1. The average Bonchev–Trinajstić information content (AvgIpc) is 3.22. The zero-order valence-electron chi connectivity index (χ0n) is 11.5. The Labute approximate surface area is 121 Å². The van der Waals surface area contributed by atoms with E-state index in [1.807, 2.05) is 6.07 Å². The van der Waals surface area contributed by atoms with Crippen LogP contribution in [0.25, 0.3) is 0 Å². The highest BCUT2D eigenvalue weighted by Crippen LogP contribution is 2.48. The van der Waals surface area contributed by atoms with Gasteiger partial charge in [0.15, 0.2) is 0 Å². The predicted molar refractivity (Wildman–Crippen MR) is 77.7 cm³/mol. The Hall–Kier alpha value is -2.43. The van der Waals surface area contributed by atoms with E-state index in [1.54, 1.807) is 13.0 Å². The highest BCUT2D eigenvalue weighted by molar-refractivity contribution is 5.95. The van der Waals surface area contributed by atoms with E-state index >= 15 is 0 Å². The summed E-state index contributed by atoms with van der Waals surface area (Å²) < 4.78 is 13.2. The fraction of sp³-hybridized carbons (Fsp3) is 0.250. The zero-order chi connectivity index (χ0) is 15.0. The molecule has 1 amide bonds. The van der Waals surface area contributed by atoms with Crippen LogP contribution in [0.3, 0.4) is 0 Å². The van der Waals surface area contributed by atoms with Gasteiger partial charge in [-0.15, -0.1) is 0 Å². The van der Waals surface area contributed by atoms with Crippen molar-refractivity contribution in [2.75, 3.05) is 5.32 Å². The van der Waals surface area contributed by atoms with Crippen molar-refractivity contribution in [1.82, 2.24) is 4.98 Å². The number of carbonyl (C=O) groups is 1. The molecule has 2 atom stereocenters. The smallest absolute Gasteiger partial charge is 0.248 e. The Bertz CT molecular complexity index is 754. The first kappa shape index (κ1) is 13.5. The third kappa shape index (κ3) is 2.86. The molecule has 21 heavy (non-hydrogen) atoms. The highest BCUT2D eigenvalue weighted by atomic mass is 19.1. The van der Waals surface area contributed by atoms with E-state index in [9.17, 15) is 14.0 Å². The first-order valence-electron chi connectivity index (χ1n) is 6.80. The molecular formula is C16H15FN2O2. The summed E-state index contributed by atoms with van der Waals surface area (Å²) in [5.74, 6) is -0.448. The number of anilines is 1. The lowest BCUT2D eigenvalue weighted by molar-refractivity contribution is -0.117. The minimum absolute atomic E-state index is 0.0729. The summed E-state index contributed by atoms with van der Waals surface area (Å²) in [5, 5.41) is 2.81. The van der Waals surface area contributed by atoms with E-state index in [0.29, 0.717) is 5.69 Å². The maximum Gasteiger partial charge on any atom is 0.248 e. The van der Waals surface area contributed by atoms with E-state index in [0.717, 1.165) is 17.5 Å². The minimum atomic E-state index is -0.282. The maximum absolute atomic E-state index is 13.2. The number of hydrogen-bond donors (Lipinski definition) is 2. The van der Waals surface area contributed by atoms with E-state index in [4.69, 9.17) is 0 Å². The van der Waals surface area contributed by atoms with Crippen LogP contribution in [-0.2, 0) is 4.79 Å². The average molecular weight is 286 g/mol. The molecule has 1 aromatic carbocycles. The van der Waals surface area contributed by atoms with Gasteiger partial charge in [0.05, 0.1) is 5.69 Å². The molecule has 2 N–H and O–H groups in total. The van der Waals surface area contributed by atoms with Crippen LogP contribution < -0.4 is 10.9 Å². The molecule has 1 aliphatic carbocycles. The van der Waals surface area contributed by atoms with Crippen LogP contribution >= 0.6 is 0 Å². The summed E-state index contributed by atoms with van der Waals surface area (Å²) in [5.41, 5.74) is 1.97. The topological polar surface area (TPSA) is 62.0 Å². The lowest BCUT2D eigenvalue weighted by Gasteiger charge is -2.07. The number of pyridine rings is 1. The number of carbonyl (C=O) groups excluding carboxylic acids is 1. The number of nitrogens with one attached hydrogen (secondary N) is 2. The second-order valence-corrected chi connectivity index (χ2v) is 5.39. The van der Waals surface area contributed by atoms with Crippen molar-refractivity contribution < 1.29 is 9.18 Å². The molecule has 1 aliphatic rings. The zero-order valence-corrected chi connectivity index (χ0v) is 11.5. The maximum atomic E-state index is 13.2. The minimum Gasteiger partial charge on any atom is -0.327 e. The molecule has 0 radical (unpaired) electrons. The highest BCUT2D eigenvalue weighted by Gasteiger charge is 2.44. The van der Waals surface area contributed by atoms with Crippen molar-refractivity contribution >= 4 is 11.6 Å². The van der Waals surface area contributed by atoms with Gasteiger partial charge in [-0.05, 0) is 42.5 Å². The molecular weight excluding hydrogens is 271 g/mol. The standard InChI is InChI=1S/C16H15FN2O2/c1-9-5-15(20)18-8-14(9)19-16(21)13-7-12(13)10-3-2-4-11(17)6-10/h2-6,8,12-13H,7H2,1H3,(H,18,20)(H,19,21)/t12-,13+/m0/s1. The van der Waals surface area contributed by atoms with Crippen molar-refractivity contribution in [3.8, 4) is 0 Å². The van der Waals surface area contributed by atoms with Gasteiger partial charge >= 0.3 is 0 Å². The second kappa shape index (κ2) is 5.16. The molecule has 0 aliphatic heterocycles. The molecule has 5 heteroatoms. The Kier molecular flexibility index (Phi) is 3.33. The predicted octanol–water partition coefficient (Wildman–Crippen LogP) is 2.56. The van der Waals surface area contributed by atoms with Crippen molar-refractivity contribution in [3.63, 3.8) is 0 Å². The molecule has 0 spiro atoms. The Morgan fingerprint density at radius 2 is 2.19 bits per heavy atom. The molecule has 3 rings (SSSR count). The van der Waals surface area contributed by atoms with E-state index < -0.39 is 0 Å². The van der Waals surface area contributed by atoms with Crippen molar-refractivity contribution in [2.24, 2.45) is 5.92 Å². The number of halogens is 1. The van der Waals surface area contributed by atoms with Crippen molar-refractivity contribution in [2.45, 2.75) is 19.3 Å². The third-order valence-electron chi connectivity index (χ3n) is 3.79. The lowest BCUT2D eigenvalue weighted by atomic mass is 10.1. The van der Waals surface area contributed by atoms with Gasteiger partial charge in [-0.3, -0.25) is 9.59 Å². The van der Waals surface area contributed by atoms with Crippen molar-refractivity contribution in [3.05, 3.63) is 63.8 Å². The first-order valence-corrected chi connectivity index (χ1v) is 6.80. The quantitative estimate of drug-likeness (QED) is 0.911. The Balaban J connectivity index is 1.69. The number of aromatic amines is 1. The largest absolute Gasteiger partial charge is 0.327 e. The van der Waals surface area contributed by atoms with Gasteiger partial charge in [-0.25, -0.2) is 4.39 Å². The monoisotopic (exact) mass is 286 g/mol. The Morgan fingerprint density at radius 3 is 2.90 bits per heavy atom. The summed E-state index contributed by atoms with van der Waals surface area (Å²) in [4.78, 5) is 25.9. The molecule has 2 aromatic rings. The van der Waals surface area contributed by atoms with Crippen LogP contribution in [0, 0.1) is 18.7 Å². The van der Waals surface area contributed by atoms with Crippen LogP contribution in [0.1, 0.15) is 23.5 Å². The van der Waals surface area contributed by atoms with Crippen LogP contribution in [0.2, 0.25) is 0 Å². The number of hydrogen-bond acceptors (Lipinski definition) is 2. The van der Waals surface area contributed by atoms with Gasteiger partial charge in [-0.1, -0.05) is 12.1 Å². The summed E-state index contributed by atoms with van der Waals surface area (Å²) in [7, 11) is 0. The third-order valence-corrected chi connectivity index (χ3v) is 3.79. The van der Waals surface area contributed by atoms with E-state index in [-0.39, 0.29) is 29.1 Å². The summed E-state index contributed by atoms with van der Waals surface area (Å²) in [6, 6.07) is 7.80. The van der Waals surface area contributed by atoms with Crippen molar-refractivity contribution in [1.29, 1.82) is 0 Å². The van der Waals surface area contributed by atoms with Gasteiger partial charge in [-0.2, -0.15) is 0 Å².